The summed E-state index contributed by atoms with van der Waals surface area (Å²) in [7, 11) is -0.509. The highest BCUT2D eigenvalue weighted by molar-refractivity contribution is 6.71. The van der Waals surface area contributed by atoms with Crippen molar-refractivity contribution in [2.24, 2.45) is 0 Å². The minimum Gasteiger partial charge on any atom is -0.115 e. The van der Waals surface area contributed by atoms with Crippen LogP contribution in [0.25, 0.3) is 0 Å². The van der Waals surface area contributed by atoms with Crippen molar-refractivity contribution in [2.75, 3.05) is 0 Å². The lowest BCUT2D eigenvalue weighted by molar-refractivity contribution is 0.594. The Bertz CT molecular complexity index is 389. The second-order valence-corrected chi connectivity index (χ2v) is 7.62. The topological polar surface area (TPSA) is 0 Å². The van der Waals surface area contributed by atoms with Crippen molar-refractivity contribution in [3.05, 3.63) is 29.3 Å². The summed E-state index contributed by atoms with van der Waals surface area (Å²) in [6.07, 6.45) is 5.57. The Hall–Kier alpha value is -1.00. The van der Waals surface area contributed by atoms with Crippen LogP contribution in [0.15, 0.2) is 18.2 Å². The van der Waals surface area contributed by atoms with Gasteiger partial charge in [-0.05, 0) is 22.2 Å². The van der Waals surface area contributed by atoms with E-state index in [2.05, 4.69) is 58.0 Å². The molecule has 0 aliphatic carbocycles. The highest BCUT2D eigenvalue weighted by Crippen LogP contribution is 2.21. The fourth-order valence-corrected chi connectivity index (χ4v) is 3.53. The number of benzene rings is 1. The first-order valence-corrected chi connectivity index (χ1v) is 7.78. The van der Waals surface area contributed by atoms with E-state index in [1.807, 2.05) is 0 Å². The fraction of sp³-hybridized carbons (Fsp3) is 0.429. The molecule has 1 radical (unpaired) electrons. The van der Waals surface area contributed by atoms with Crippen LogP contribution in [0.2, 0.25) is 13.1 Å². The van der Waals surface area contributed by atoms with Crippen molar-refractivity contribution in [2.45, 2.75) is 39.3 Å². The average Bonchev–Trinajstić information content (AvgIpc) is 2.15. The van der Waals surface area contributed by atoms with Gasteiger partial charge in [0, 0.05) is 5.56 Å². The zero-order valence-corrected chi connectivity index (χ0v) is 11.3. The fourth-order valence-electron chi connectivity index (χ4n) is 1.84. The van der Waals surface area contributed by atoms with E-state index >= 15 is 0 Å². The molecule has 0 atom stereocenters. The third kappa shape index (κ3) is 2.52. The van der Waals surface area contributed by atoms with Gasteiger partial charge in [-0.3, -0.25) is 0 Å². The van der Waals surface area contributed by atoms with Crippen molar-refractivity contribution in [1.82, 2.24) is 0 Å². The molecule has 0 aliphatic rings. The predicted octanol–water partition coefficient (Wildman–Crippen LogP) is 2.93. The smallest absolute Gasteiger partial charge is 0.0812 e. The molecule has 0 unspecified atom stereocenters. The van der Waals surface area contributed by atoms with E-state index in [1.54, 1.807) is 0 Å². The van der Waals surface area contributed by atoms with Gasteiger partial charge in [-0.15, -0.1) is 6.42 Å². The molecule has 1 rings (SSSR count). The Morgan fingerprint density at radius 1 is 1.20 bits per heavy atom. The highest BCUT2D eigenvalue weighted by Gasteiger charge is 2.21. The Kier molecular flexibility index (Phi) is 3.41. The summed E-state index contributed by atoms with van der Waals surface area (Å²) in [5.74, 6) is 2.81. The van der Waals surface area contributed by atoms with E-state index in [-0.39, 0.29) is 5.41 Å². The van der Waals surface area contributed by atoms with Gasteiger partial charge < -0.3 is 0 Å². The van der Waals surface area contributed by atoms with Crippen LogP contribution in [-0.2, 0) is 5.41 Å². The lowest BCUT2D eigenvalue weighted by Gasteiger charge is -2.25. The molecule has 0 aliphatic heterocycles. The quantitative estimate of drug-likeness (QED) is 0.499. The van der Waals surface area contributed by atoms with Gasteiger partial charge in [-0.2, -0.15) is 0 Å². The SMILES string of the molecule is C#Cc1cccc(C(C)(C)C)c1[Si](C)C. The van der Waals surface area contributed by atoms with E-state index in [1.165, 1.54) is 10.8 Å². The Labute approximate surface area is 95.3 Å². The summed E-state index contributed by atoms with van der Waals surface area (Å²) in [5, 5.41) is 1.43. The molecule has 0 bridgehead atoms. The van der Waals surface area contributed by atoms with Gasteiger partial charge in [0.1, 0.15) is 0 Å². The Balaban J connectivity index is 3.48. The molecule has 1 heteroatoms. The largest absolute Gasteiger partial charge is 0.115 e. The van der Waals surface area contributed by atoms with Crippen LogP contribution in [0.1, 0.15) is 31.9 Å². The highest BCUT2D eigenvalue weighted by atomic mass is 28.3. The van der Waals surface area contributed by atoms with Gasteiger partial charge in [-0.25, -0.2) is 0 Å². The molecule has 0 fully saturated rings. The first-order valence-electron chi connectivity index (χ1n) is 5.28. The van der Waals surface area contributed by atoms with Crippen LogP contribution in [0, 0.1) is 12.3 Å². The van der Waals surface area contributed by atoms with Crippen LogP contribution in [0.4, 0.5) is 0 Å². The zero-order chi connectivity index (χ0) is 11.6. The third-order valence-corrected chi connectivity index (χ3v) is 4.07. The Morgan fingerprint density at radius 3 is 2.20 bits per heavy atom. The van der Waals surface area contributed by atoms with E-state index < -0.39 is 8.80 Å². The number of terminal acetylenes is 1. The molecular weight excluding hydrogens is 196 g/mol. The van der Waals surface area contributed by atoms with Crippen LogP contribution < -0.4 is 5.19 Å². The molecule has 0 heterocycles. The zero-order valence-electron chi connectivity index (χ0n) is 10.3. The van der Waals surface area contributed by atoms with Gasteiger partial charge in [0.2, 0.25) is 0 Å². The first kappa shape index (κ1) is 12.1. The van der Waals surface area contributed by atoms with Gasteiger partial charge >= 0.3 is 0 Å². The number of hydrogen-bond acceptors (Lipinski definition) is 0. The molecule has 79 valence electrons. The summed E-state index contributed by atoms with van der Waals surface area (Å²) in [4.78, 5) is 0. The van der Waals surface area contributed by atoms with Crippen LogP contribution >= 0.6 is 0 Å². The molecule has 0 saturated carbocycles. The molecule has 0 spiro atoms. The van der Waals surface area contributed by atoms with Crippen molar-refractivity contribution in [3.63, 3.8) is 0 Å². The maximum Gasteiger partial charge on any atom is 0.0812 e. The average molecular weight is 215 g/mol. The van der Waals surface area contributed by atoms with Gasteiger partial charge in [0.15, 0.2) is 0 Å². The maximum atomic E-state index is 5.57. The normalized spacial score (nSPS) is 11.5. The number of hydrogen-bond donors (Lipinski definition) is 0. The maximum absolute atomic E-state index is 5.57. The second kappa shape index (κ2) is 4.24. The van der Waals surface area contributed by atoms with Crippen LogP contribution in [0.5, 0.6) is 0 Å². The summed E-state index contributed by atoms with van der Waals surface area (Å²) >= 11 is 0. The molecule has 0 saturated heterocycles. The molecule has 0 amide bonds. The summed E-state index contributed by atoms with van der Waals surface area (Å²) in [6, 6.07) is 6.35. The lowest BCUT2D eigenvalue weighted by atomic mass is 9.86. The molecule has 0 nitrogen and oxygen atoms in total. The molecule has 15 heavy (non-hydrogen) atoms. The second-order valence-electron chi connectivity index (χ2n) is 5.12. The van der Waals surface area contributed by atoms with Crippen molar-refractivity contribution < 1.29 is 0 Å². The Morgan fingerprint density at radius 2 is 1.80 bits per heavy atom. The summed E-state index contributed by atoms with van der Waals surface area (Å²) < 4.78 is 0. The molecular formula is C14H19Si. The first-order chi connectivity index (χ1) is 6.88. The monoisotopic (exact) mass is 215 g/mol. The van der Waals surface area contributed by atoms with Crippen LogP contribution in [0.3, 0.4) is 0 Å². The summed E-state index contributed by atoms with van der Waals surface area (Å²) in [5.41, 5.74) is 2.68. The number of rotatable bonds is 1. The van der Waals surface area contributed by atoms with Crippen molar-refractivity contribution in [3.8, 4) is 12.3 Å². The molecule has 1 aromatic carbocycles. The minimum atomic E-state index is -0.509. The van der Waals surface area contributed by atoms with Gasteiger partial charge in [-0.1, -0.05) is 51.9 Å². The van der Waals surface area contributed by atoms with E-state index in [0.717, 1.165) is 5.56 Å². The standard InChI is InChI=1S/C14H19Si/c1-7-11-9-8-10-12(14(2,3)4)13(11)15(5)6/h1,8-10H,2-6H3. The van der Waals surface area contributed by atoms with Gasteiger partial charge in [0.05, 0.1) is 8.80 Å². The molecule has 0 aromatic heterocycles. The van der Waals surface area contributed by atoms with E-state index in [9.17, 15) is 0 Å². The summed E-state index contributed by atoms with van der Waals surface area (Å²) in [6.45, 7) is 11.3. The molecule has 1 aromatic rings. The molecule has 0 N–H and O–H groups in total. The van der Waals surface area contributed by atoms with Crippen molar-refractivity contribution >= 4 is 14.0 Å². The van der Waals surface area contributed by atoms with Gasteiger partial charge in [0.25, 0.3) is 0 Å². The predicted molar refractivity (Wildman–Crippen MR) is 70.2 cm³/mol. The lowest BCUT2D eigenvalue weighted by Crippen LogP contribution is -2.34. The van der Waals surface area contributed by atoms with E-state index in [4.69, 9.17) is 6.42 Å². The van der Waals surface area contributed by atoms with Crippen molar-refractivity contribution in [1.29, 1.82) is 0 Å². The van der Waals surface area contributed by atoms with E-state index in [0.29, 0.717) is 0 Å². The van der Waals surface area contributed by atoms with Crippen LogP contribution in [-0.4, -0.2) is 8.80 Å². The third-order valence-electron chi connectivity index (χ3n) is 2.53. The minimum absolute atomic E-state index is 0.185.